The van der Waals surface area contributed by atoms with Crippen molar-refractivity contribution in [1.29, 1.82) is 0 Å². The molecule has 8 nitrogen and oxygen atoms in total. The van der Waals surface area contributed by atoms with E-state index in [9.17, 15) is 19.7 Å². The lowest BCUT2D eigenvalue weighted by molar-refractivity contribution is -0.385. The fraction of sp³-hybridized carbons (Fsp3) is 0.158. The molecule has 2 rings (SSSR count). The van der Waals surface area contributed by atoms with Gasteiger partial charge in [0.1, 0.15) is 5.75 Å². The van der Waals surface area contributed by atoms with E-state index >= 15 is 0 Å². The number of amides is 2. The highest BCUT2D eigenvalue weighted by molar-refractivity contribution is 6.35. The largest absolute Gasteiger partial charge is 0.492 e. The van der Waals surface area contributed by atoms with Gasteiger partial charge in [-0.05, 0) is 36.8 Å². The molecule has 2 N–H and O–H groups in total. The van der Waals surface area contributed by atoms with Crippen LogP contribution >= 0.6 is 23.2 Å². The van der Waals surface area contributed by atoms with Crippen LogP contribution in [0.3, 0.4) is 0 Å². The maximum Gasteiger partial charge on any atom is 0.276 e. The van der Waals surface area contributed by atoms with Gasteiger partial charge in [0.05, 0.1) is 22.1 Å². The van der Waals surface area contributed by atoms with Gasteiger partial charge in [0.15, 0.2) is 0 Å². The molecule has 10 heteroatoms. The van der Waals surface area contributed by atoms with Gasteiger partial charge >= 0.3 is 0 Å². The van der Waals surface area contributed by atoms with Gasteiger partial charge < -0.3 is 4.74 Å². The van der Waals surface area contributed by atoms with Gasteiger partial charge in [-0.15, -0.1) is 0 Å². The zero-order chi connectivity index (χ0) is 21.2. The van der Waals surface area contributed by atoms with Gasteiger partial charge in [-0.3, -0.25) is 30.6 Å². The number of nitro benzene ring substituents is 1. The van der Waals surface area contributed by atoms with Crippen LogP contribution in [0.15, 0.2) is 48.5 Å². The van der Waals surface area contributed by atoms with Crippen LogP contribution in [-0.4, -0.2) is 23.3 Å². The van der Waals surface area contributed by atoms with Crippen LogP contribution in [0, 0.1) is 10.1 Å². The summed E-state index contributed by atoms with van der Waals surface area (Å²) in [5.74, 6) is -0.575. The standard InChI is InChI=1S/C19H17Cl2N3O5/c20-14-8-9-17(15(21)12-14)29-11-3-6-18(25)22-23-19(26)10-7-13-4-1-2-5-16(13)24(27)28/h1-2,4-5,7-10,12H,3,6,11H2,(H,22,25)(H,23,26)/b10-7+. The zero-order valence-electron chi connectivity index (χ0n) is 15.1. The molecule has 152 valence electrons. The molecule has 0 unspecified atom stereocenters. The van der Waals surface area contributed by atoms with Crippen LogP contribution < -0.4 is 15.6 Å². The summed E-state index contributed by atoms with van der Waals surface area (Å²) < 4.78 is 5.46. The number of hydrogen-bond acceptors (Lipinski definition) is 5. The van der Waals surface area contributed by atoms with E-state index in [0.29, 0.717) is 22.2 Å². The molecule has 0 radical (unpaired) electrons. The Hall–Kier alpha value is -3.10. The molecule has 0 aliphatic carbocycles. The van der Waals surface area contributed by atoms with Crippen molar-refractivity contribution in [2.75, 3.05) is 6.61 Å². The number of nitrogens with zero attached hydrogens (tertiary/aromatic N) is 1. The molecule has 0 bridgehead atoms. The number of carbonyl (C=O) groups excluding carboxylic acids is 2. The van der Waals surface area contributed by atoms with Crippen LogP contribution in [-0.2, 0) is 9.59 Å². The second kappa shape index (κ2) is 11.0. The maximum absolute atomic E-state index is 11.7. The molecule has 2 amide bonds. The molecule has 0 spiro atoms. The molecule has 0 fully saturated rings. The third-order valence-electron chi connectivity index (χ3n) is 3.57. The second-order valence-electron chi connectivity index (χ2n) is 5.71. The van der Waals surface area contributed by atoms with Crippen LogP contribution in [0.2, 0.25) is 10.0 Å². The molecule has 29 heavy (non-hydrogen) atoms. The van der Waals surface area contributed by atoms with Crippen molar-refractivity contribution in [3.05, 3.63) is 74.3 Å². The Morgan fingerprint density at radius 2 is 1.90 bits per heavy atom. The smallest absolute Gasteiger partial charge is 0.276 e. The number of para-hydroxylation sites is 1. The zero-order valence-corrected chi connectivity index (χ0v) is 16.6. The summed E-state index contributed by atoms with van der Waals surface area (Å²) in [5.41, 5.74) is 4.61. The molecule has 0 saturated heterocycles. The first kappa shape index (κ1) is 22.2. The van der Waals surface area contributed by atoms with E-state index in [1.54, 1.807) is 24.3 Å². The summed E-state index contributed by atoms with van der Waals surface area (Å²) in [4.78, 5) is 33.9. The minimum atomic E-state index is -0.624. The van der Waals surface area contributed by atoms with Gasteiger partial charge in [0, 0.05) is 23.6 Å². The number of nitrogens with one attached hydrogen (secondary N) is 2. The topological polar surface area (TPSA) is 111 Å². The molecule has 0 heterocycles. The van der Waals surface area contributed by atoms with Crippen LogP contribution in [0.5, 0.6) is 5.75 Å². The molecule has 2 aromatic carbocycles. The summed E-state index contributed by atoms with van der Waals surface area (Å²) in [7, 11) is 0. The average molecular weight is 438 g/mol. The molecule has 2 aromatic rings. The quantitative estimate of drug-likeness (QED) is 0.281. The van der Waals surface area contributed by atoms with E-state index in [4.69, 9.17) is 27.9 Å². The monoisotopic (exact) mass is 437 g/mol. The van der Waals surface area contributed by atoms with Crippen LogP contribution in [0.1, 0.15) is 18.4 Å². The Morgan fingerprint density at radius 3 is 2.62 bits per heavy atom. The summed E-state index contributed by atoms with van der Waals surface area (Å²) in [6.07, 6.45) is 2.89. The number of rotatable bonds is 8. The first-order valence-electron chi connectivity index (χ1n) is 8.45. The Bertz CT molecular complexity index is 934. The predicted octanol–water partition coefficient (Wildman–Crippen LogP) is 3.92. The molecular formula is C19H17Cl2N3O5. The number of ether oxygens (including phenoxy) is 1. The average Bonchev–Trinajstić information content (AvgIpc) is 2.69. The van der Waals surface area contributed by atoms with E-state index in [1.807, 2.05) is 0 Å². The van der Waals surface area contributed by atoms with Gasteiger partial charge in [-0.25, -0.2) is 0 Å². The highest BCUT2D eigenvalue weighted by Gasteiger charge is 2.10. The number of hydrazine groups is 1. The summed E-state index contributed by atoms with van der Waals surface area (Å²) >= 11 is 11.8. The second-order valence-corrected chi connectivity index (χ2v) is 6.56. The lowest BCUT2D eigenvalue weighted by Gasteiger charge is -2.08. The van der Waals surface area contributed by atoms with E-state index in [0.717, 1.165) is 6.08 Å². The Kier molecular flexibility index (Phi) is 8.45. The van der Waals surface area contributed by atoms with Crippen molar-refractivity contribution >= 4 is 46.8 Å². The van der Waals surface area contributed by atoms with E-state index in [-0.39, 0.29) is 24.3 Å². The summed E-state index contributed by atoms with van der Waals surface area (Å²) in [6.45, 7) is 0.250. The first-order valence-corrected chi connectivity index (χ1v) is 9.20. The number of halogens is 2. The molecule has 0 aromatic heterocycles. The molecule has 0 atom stereocenters. The number of benzene rings is 2. The number of hydrogen-bond donors (Lipinski definition) is 2. The van der Waals surface area contributed by atoms with Gasteiger partial charge in [-0.2, -0.15) is 0 Å². The SMILES string of the molecule is O=C(/C=C/c1ccccc1[N+](=O)[O-])NNC(=O)CCCOc1ccc(Cl)cc1Cl. The third kappa shape index (κ3) is 7.44. The van der Waals surface area contributed by atoms with E-state index < -0.39 is 16.7 Å². The Labute approximate surface area is 176 Å². The van der Waals surface area contributed by atoms with Crippen LogP contribution in [0.4, 0.5) is 5.69 Å². The summed E-state index contributed by atoms with van der Waals surface area (Å²) in [6, 6.07) is 10.8. The minimum Gasteiger partial charge on any atom is -0.492 e. The fourth-order valence-corrected chi connectivity index (χ4v) is 2.67. The van der Waals surface area contributed by atoms with E-state index in [2.05, 4.69) is 10.9 Å². The minimum absolute atomic E-state index is 0.110. The molecular weight excluding hydrogens is 421 g/mol. The molecule has 0 aliphatic rings. The third-order valence-corrected chi connectivity index (χ3v) is 4.10. The summed E-state index contributed by atoms with van der Waals surface area (Å²) in [5, 5.41) is 11.8. The van der Waals surface area contributed by atoms with Gasteiger partial charge in [0.25, 0.3) is 11.6 Å². The number of nitro groups is 1. The maximum atomic E-state index is 11.7. The lowest BCUT2D eigenvalue weighted by Crippen LogP contribution is -2.40. The van der Waals surface area contributed by atoms with Gasteiger partial charge in [0.2, 0.25) is 5.91 Å². The van der Waals surface area contributed by atoms with Crippen molar-refractivity contribution in [2.45, 2.75) is 12.8 Å². The molecule has 0 aliphatic heterocycles. The lowest BCUT2D eigenvalue weighted by atomic mass is 10.1. The normalized spacial score (nSPS) is 10.6. The highest BCUT2D eigenvalue weighted by Crippen LogP contribution is 2.27. The Morgan fingerprint density at radius 1 is 1.14 bits per heavy atom. The fourth-order valence-electron chi connectivity index (χ4n) is 2.20. The van der Waals surface area contributed by atoms with Crippen molar-refractivity contribution in [3.8, 4) is 5.75 Å². The van der Waals surface area contributed by atoms with Crippen molar-refractivity contribution < 1.29 is 19.2 Å². The van der Waals surface area contributed by atoms with Gasteiger partial charge in [-0.1, -0.05) is 35.3 Å². The molecule has 0 saturated carbocycles. The van der Waals surface area contributed by atoms with E-state index in [1.165, 1.54) is 24.3 Å². The van der Waals surface area contributed by atoms with Crippen LogP contribution in [0.25, 0.3) is 6.08 Å². The number of carbonyl (C=O) groups is 2. The van der Waals surface area contributed by atoms with Crippen molar-refractivity contribution in [3.63, 3.8) is 0 Å². The van der Waals surface area contributed by atoms with Crippen molar-refractivity contribution in [1.82, 2.24) is 10.9 Å². The van der Waals surface area contributed by atoms with Crippen molar-refractivity contribution in [2.24, 2.45) is 0 Å². The Balaban J connectivity index is 1.71. The highest BCUT2D eigenvalue weighted by atomic mass is 35.5. The predicted molar refractivity (Wildman–Crippen MR) is 110 cm³/mol. The first-order chi connectivity index (χ1) is 13.9.